The molecule has 1 aromatic carbocycles. The summed E-state index contributed by atoms with van der Waals surface area (Å²) in [5.74, 6) is -1.18. The maximum Gasteiger partial charge on any atom is 0.358 e. The number of carbonyl (C=O) groups is 3. The second-order valence-electron chi connectivity index (χ2n) is 7.24. The van der Waals surface area contributed by atoms with Crippen LogP contribution in [-0.4, -0.2) is 35.6 Å². The van der Waals surface area contributed by atoms with Crippen LogP contribution in [0.15, 0.2) is 45.8 Å². The highest BCUT2D eigenvalue weighted by Gasteiger charge is 2.48. The average molecular weight is 375 g/mol. The molecule has 6 nitrogen and oxygen atoms in total. The topological polar surface area (TPSA) is 72.9 Å². The number of amides is 1. The smallest absolute Gasteiger partial charge is 0.358 e. The molecule has 1 unspecified atom stereocenters. The van der Waals surface area contributed by atoms with Crippen LogP contribution in [0.4, 0.5) is 0 Å². The van der Waals surface area contributed by atoms with E-state index in [-0.39, 0.29) is 17.6 Å². The summed E-state index contributed by atoms with van der Waals surface area (Å²) in [6, 6.07) is 9.67. The molecule has 1 atom stereocenters. The van der Waals surface area contributed by atoms with Gasteiger partial charge in [-0.2, -0.15) is 0 Å². The quantitative estimate of drug-likeness (QED) is 0.447. The zero-order chi connectivity index (χ0) is 18.9. The fourth-order valence-electron chi connectivity index (χ4n) is 2.75. The first-order valence-corrected chi connectivity index (χ1v) is 9.21. The largest absolute Gasteiger partial charge is 0.427 e. The Morgan fingerprint density at radius 2 is 1.85 bits per heavy atom. The van der Waals surface area contributed by atoms with Gasteiger partial charge in [-0.1, -0.05) is 30.0 Å². The second-order valence-corrected chi connectivity index (χ2v) is 8.41. The van der Waals surface area contributed by atoms with Crippen molar-refractivity contribution in [3.8, 4) is 0 Å². The number of rotatable bonds is 5. The predicted octanol–water partition coefficient (Wildman–Crippen LogP) is 3.08. The zero-order valence-corrected chi connectivity index (χ0v) is 15.8. The first-order chi connectivity index (χ1) is 12.3. The summed E-state index contributed by atoms with van der Waals surface area (Å²) in [5, 5.41) is 0. The van der Waals surface area contributed by atoms with Gasteiger partial charge in [-0.3, -0.25) is 9.59 Å². The van der Waals surface area contributed by atoms with Crippen molar-refractivity contribution in [1.29, 1.82) is 0 Å². The van der Waals surface area contributed by atoms with Gasteiger partial charge in [0, 0.05) is 22.6 Å². The summed E-state index contributed by atoms with van der Waals surface area (Å²) in [6.45, 7) is 4.69. The monoisotopic (exact) mass is 375 g/mol. The molecule has 1 aromatic rings. The number of β-lactam (4-membered cyclic amide) rings is 1. The molecule has 0 radical (unpaired) electrons. The Bertz CT molecular complexity index is 766. The molecule has 2 aliphatic heterocycles. The lowest BCUT2D eigenvalue weighted by Crippen LogP contribution is -2.49. The van der Waals surface area contributed by atoms with Crippen LogP contribution in [0, 0.1) is 5.41 Å². The maximum absolute atomic E-state index is 12.5. The lowest BCUT2D eigenvalue weighted by atomic mass is 9.98. The number of carbonyl (C=O) groups excluding carboxylic acids is 3. The van der Waals surface area contributed by atoms with Crippen molar-refractivity contribution in [1.82, 2.24) is 4.90 Å². The van der Waals surface area contributed by atoms with Crippen molar-refractivity contribution >= 4 is 29.6 Å². The van der Waals surface area contributed by atoms with Crippen molar-refractivity contribution in [2.75, 3.05) is 6.79 Å². The van der Waals surface area contributed by atoms with E-state index in [1.54, 1.807) is 20.8 Å². The van der Waals surface area contributed by atoms with Crippen LogP contribution in [0.3, 0.4) is 0 Å². The Labute approximate surface area is 156 Å². The van der Waals surface area contributed by atoms with Gasteiger partial charge in [0.25, 0.3) is 0 Å². The van der Waals surface area contributed by atoms with E-state index in [0.717, 1.165) is 9.80 Å². The van der Waals surface area contributed by atoms with E-state index in [9.17, 15) is 14.4 Å². The Hall–Kier alpha value is -2.28. The van der Waals surface area contributed by atoms with Crippen molar-refractivity contribution in [2.45, 2.75) is 44.6 Å². The molecule has 2 heterocycles. The third kappa shape index (κ3) is 3.77. The van der Waals surface area contributed by atoms with Crippen LogP contribution in [0.2, 0.25) is 0 Å². The van der Waals surface area contributed by atoms with Gasteiger partial charge in [0.1, 0.15) is 5.70 Å². The minimum Gasteiger partial charge on any atom is -0.427 e. The van der Waals surface area contributed by atoms with E-state index in [0.29, 0.717) is 12.8 Å². The van der Waals surface area contributed by atoms with Crippen LogP contribution in [-0.2, 0) is 23.9 Å². The van der Waals surface area contributed by atoms with E-state index in [1.807, 2.05) is 30.3 Å². The van der Waals surface area contributed by atoms with Crippen molar-refractivity contribution in [2.24, 2.45) is 5.41 Å². The van der Waals surface area contributed by atoms with Gasteiger partial charge in [0.05, 0.1) is 11.5 Å². The van der Waals surface area contributed by atoms with Gasteiger partial charge in [-0.15, -0.1) is 0 Å². The number of fused-ring (bicyclic) bond motifs is 1. The summed E-state index contributed by atoms with van der Waals surface area (Å²) in [5.41, 5.74) is -0.404. The number of thioether (sulfide) groups is 1. The highest BCUT2D eigenvalue weighted by Crippen LogP contribution is 2.45. The fraction of sp³-hybridized carbons (Fsp3) is 0.421. The zero-order valence-electron chi connectivity index (χ0n) is 15.0. The molecule has 1 fully saturated rings. The number of nitrogens with zero attached hydrogens (tertiary/aromatic N) is 1. The van der Waals surface area contributed by atoms with Gasteiger partial charge in [-0.25, -0.2) is 4.79 Å². The third-order valence-electron chi connectivity index (χ3n) is 4.14. The van der Waals surface area contributed by atoms with Crippen molar-refractivity contribution < 1.29 is 23.9 Å². The molecule has 0 spiro atoms. The summed E-state index contributed by atoms with van der Waals surface area (Å²) in [6.07, 6.45) is 1.08. The SMILES string of the molecule is CC(C)(C)C(=O)OCOC(=O)C1=C(Sc2ccccc2)CC2CC(=O)N12. The van der Waals surface area contributed by atoms with Gasteiger partial charge in [-0.05, 0) is 32.9 Å². The molecule has 7 heteroatoms. The number of benzene rings is 1. The average Bonchev–Trinajstić information content (AvgIpc) is 2.87. The fourth-order valence-corrected chi connectivity index (χ4v) is 3.88. The standard InChI is InChI=1S/C19H21NO5S/c1-19(2,3)18(23)25-11-24-17(22)16-14(9-12-10-15(21)20(12)16)26-13-7-5-4-6-8-13/h4-8,12H,9-11H2,1-3H3. The Morgan fingerprint density at radius 3 is 2.46 bits per heavy atom. The van der Waals surface area contributed by atoms with Crippen molar-refractivity contribution in [3.63, 3.8) is 0 Å². The molecule has 26 heavy (non-hydrogen) atoms. The van der Waals surface area contributed by atoms with Crippen LogP contribution in [0.25, 0.3) is 0 Å². The van der Waals surface area contributed by atoms with Gasteiger partial charge >= 0.3 is 11.9 Å². The number of esters is 2. The van der Waals surface area contributed by atoms with E-state index in [2.05, 4.69) is 0 Å². The summed E-state index contributed by atoms with van der Waals surface area (Å²) < 4.78 is 10.1. The summed E-state index contributed by atoms with van der Waals surface area (Å²) >= 11 is 1.46. The first-order valence-electron chi connectivity index (χ1n) is 8.40. The van der Waals surface area contributed by atoms with E-state index in [1.165, 1.54) is 16.7 Å². The van der Waals surface area contributed by atoms with E-state index in [4.69, 9.17) is 9.47 Å². The number of ether oxygens (including phenoxy) is 2. The predicted molar refractivity (Wildman–Crippen MR) is 95.7 cm³/mol. The van der Waals surface area contributed by atoms with Crippen molar-refractivity contribution in [3.05, 3.63) is 40.9 Å². The molecule has 0 aromatic heterocycles. The molecule has 1 saturated heterocycles. The minimum absolute atomic E-state index is 0.0217. The van der Waals surface area contributed by atoms with Crippen LogP contribution < -0.4 is 0 Å². The highest BCUT2D eigenvalue weighted by molar-refractivity contribution is 8.03. The molecule has 0 N–H and O–H groups in total. The Balaban J connectivity index is 1.70. The lowest BCUT2D eigenvalue weighted by molar-refractivity contribution is -0.173. The van der Waals surface area contributed by atoms with Crippen LogP contribution in [0.5, 0.6) is 0 Å². The molecule has 2 aliphatic rings. The Morgan fingerprint density at radius 1 is 1.15 bits per heavy atom. The lowest BCUT2D eigenvalue weighted by Gasteiger charge is -2.35. The minimum atomic E-state index is -0.675. The van der Waals surface area contributed by atoms with E-state index >= 15 is 0 Å². The molecule has 1 amide bonds. The van der Waals surface area contributed by atoms with Crippen LogP contribution in [0.1, 0.15) is 33.6 Å². The van der Waals surface area contributed by atoms with Gasteiger partial charge < -0.3 is 14.4 Å². The molecular weight excluding hydrogens is 354 g/mol. The molecule has 138 valence electrons. The second kappa shape index (κ2) is 7.15. The summed E-state index contributed by atoms with van der Waals surface area (Å²) in [4.78, 5) is 39.5. The highest BCUT2D eigenvalue weighted by atomic mass is 32.2. The van der Waals surface area contributed by atoms with E-state index < -0.39 is 24.1 Å². The summed E-state index contributed by atoms with van der Waals surface area (Å²) in [7, 11) is 0. The van der Waals surface area contributed by atoms with Gasteiger partial charge in [0.15, 0.2) is 0 Å². The maximum atomic E-state index is 12.5. The first kappa shape index (κ1) is 18.5. The molecule has 3 rings (SSSR count). The normalized spacial score (nSPS) is 19.1. The molecule has 0 bridgehead atoms. The molecular formula is C19H21NO5S. The molecule has 0 aliphatic carbocycles. The Kier molecular flexibility index (Phi) is 5.09. The number of hydrogen-bond acceptors (Lipinski definition) is 6. The molecule has 0 saturated carbocycles. The third-order valence-corrected chi connectivity index (χ3v) is 5.25. The van der Waals surface area contributed by atoms with Gasteiger partial charge in [0.2, 0.25) is 12.7 Å². The number of hydrogen-bond donors (Lipinski definition) is 0. The van der Waals surface area contributed by atoms with Crippen LogP contribution >= 0.6 is 11.8 Å².